The fourth-order valence-corrected chi connectivity index (χ4v) is 2.21. The van der Waals surface area contributed by atoms with Gasteiger partial charge >= 0.3 is 0 Å². The van der Waals surface area contributed by atoms with Crippen molar-refractivity contribution in [3.8, 4) is 5.75 Å². The maximum atomic E-state index is 12.0. The summed E-state index contributed by atoms with van der Waals surface area (Å²) >= 11 is 0. The Kier molecular flexibility index (Phi) is 3.27. The molecule has 1 aliphatic rings. The van der Waals surface area contributed by atoms with E-state index < -0.39 is 11.0 Å². The molecule has 6 nitrogen and oxygen atoms in total. The average molecular weight is 284 g/mol. The number of carbonyl (C=O) groups is 1. The third kappa shape index (κ3) is 2.69. The van der Waals surface area contributed by atoms with Crippen molar-refractivity contribution in [2.45, 2.75) is 12.5 Å². The van der Waals surface area contributed by atoms with Gasteiger partial charge in [0, 0.05) is 18.6 Å². The number of fused-ring (bicyclic) bond motifs is 1. The SMILES string of the molecule is O=C1Nc2cc([N+](=O)[O-])ccc2OC1Cc1ccccc1. The van der Waals surface area contributed by atoms with Crippen molar-refractivity contribution in [2.75, 3.05) is 5.32 Å². The highest BCUT2D eigenvalue weighted by molar-refractivity contribution is 5.98. The van der Waals surface area contributed by atoms with Crippen LogP contribution in [0.3, 0.4) is 0 Å². The van der Waals surface area contributed by atoms with Crippen LogP contribution in [0.4, 0.5) is 11.4 Å². The normalized spacial score (nSPS) is 16.6. The molecule has 0 fully saturated rings. The molecule has 3 rings (SSSR count). The van der Waals surface area contributed by atoms with E-state index in [1.165, 1.54) is 18.2 Å². The number of nitro groups is 1. The number of hydrogen-bond acceptors (Lipinski definition) is 4. The Morgan fingerprint density at radius 3 is 2.67 bits per heavy atom. The van der Waals surface area contributed by atoms with Crippen LogP contribution in [0.2, 0.25) is 0 Å². The molecule has 21 heavy (non-hydrogen) atoms. The van der Waals surface area contributed by atoms with E-state index in [1.807, 2.05) is 30.3 Å². The van der Waals surface area contributed by atoms with Crippen molar-refractivity contribution in [1.29, 1.82) is 0 Å². The zero-order valence-corrected chi connectivity index (χ0v) is 11.0. The maximum absolute atomic E-state index is 12.0. The van der Waals surface area contributed by atoms with Gasteiger partial charge in [0.25, 0.3) is 11.6 Å². The highest BCUT2D eigenvalue weighted by atomic mass is 16.6. The van der Waals surface area contributed by atoms with Crippen molar-refractivity contribution in [3.63, 3.8) is 0 Å². The van der Waals surface area contributed by atoms with Crippen LogP contribution in [0, 0.1) is 10.1 Å². The molecule has 0 radical (unpaired) electrons. The van der Waals surface area contributed by atoms with Crippen molar-refractivity contribution in [3.05, 3.63) is 64.2 Å². The quantitative estimate of drug-likeness (QED) is 0.693. The third-order valence-electron chi connectivity index (χ3n) is 3.26. The smallest absolute Gasteiger partial charge is 0.271 e. The lowest BCUT2D eigenvalue weighted by Crippen LogP contribution is -2.38. The lowest BCUT2D eigenvalue weighted by molar-refractivity contribution is -0.384. The van der Waals surface area contributed by atoms with Crippen molar-refractivity contribution in [2.24, 2.45) is 0 Å². The molecule has 0 aliphatic carbocycles. The van der Waals surface area contributed by atoms with Crippen LogP contribution in [0.25, 0.3) is 0 Å². The lowest BCUT2D eigenvalue weighted by atomic mass is 10.1. The van der Waals surface area contributed by atoms with E-state index >= 15 is 0 Å². The van der Waals surface area contributed by atoms with Gasteiger partial charge in [-0.25, -0.2) is 0 Å². The zero-order valence-electron chi connectivity index (χ0n) is 11.0. The molecule has 1 N–H and O–H groups in total. The largest absolute Gasteiger partial charge is 0.478 e. The molecule has 0 spiro atoms. The van der Waals surface area contributed by atoms with Gasteiger partial charge in [-0.15, -0.1) is 0 Å². The average Bonchev–Trinajstić information content (AvgIpc) is 2.48. The third-order valence-corrected chi connectivity index (χ3v) is 3.26. The molecule has 2 aromatic carbocycles. The molecular weight excluding hydrogens is 272 g/mol. The number of non-ortho nitro benzene ring substituents is 1. The highest BCUT2D eigenvalue weighted by Gasteiger charge is 2.28. The van der Waals surface area contributed by atoms with Gasteiger partial charge in [0.15, 0.2) is 6.10 Å². The first-order valence-electron chi connectivity index (χ1n) is 6.43. The van der Waals surface area contributed by atoms with Crippen LogP contribution in [-0.4, -0.2) is 16.9 Å². The van der Waals surface area contributed by atoms with Gasteiger partial charge in [-0.1, -0.05) is 30.3 Å². The predicted octanol–water partition coefficient (Wildman–Crippen LogP) is 2.54. The molecule has 1 heterocycles. The number of amides is 1. The van der Waals surface area contributed by atoms with Crippen LogP contribution in [-0.2, 0) is 11.2 Å². The van der Waals surface area contributed by atoms with Crippen molar-refractivity contribution < 1.29 is 14.5 Å². The molecule has 0 saturated carbocycles. The van der Waals surface area contributed by atoms with Gasteiger partial charge in [-0.2, -0.15) is 0 Å². The van der Waals surface area contributed by atoms with Gasteiger partial charge in [-0.05, 0) is 11.6 Å². The molecule has 1 amide bonds. The minimum Gasteiger partial charge on any atom is -0.478 e. The summed E-state index contributed by atoms with van der Waals surface area (Å²) in [6.45, 7) is 0. The number of hydrogen-bond donors (Lipinski definition) is 1. The van der Waals surface area contributed by atoms with E-state index in [4.69, 9.17) is 4.74 Å². The van der Waals surface area contributed by atoms with E-state index in [1.54, 1.807) is 0 Å². The molecule has 1 unspecified atom stereocenters. The van der Waals surface area contributed by atoms with Gasteiger partial charge in [0.2, 0.25) is 0 Å². The second kappa shape index (κ2) is 5.24. The van der Waals surface area contributed by atoms with E-state index in [2.05, 4.69) is 5.32 Å². The number of benzene rings is 2. The Morgan fingerprint density at radius 1 is 1.19 bits per heavy atom. The number of rotatable bonds is 3. The summed E-state index contributed by atoms with van der Waals surface area (Å²) in [5.41, 5.74) is 1.24. The Bertz CT molecular complexity index is 700. The fraction of sp³-hybridized carbons (Fsp3) is 0.133. The maximum Gasteiger partial charge on any atom is 0.271 e. The standard InChI is InChI=1S/C15H12N2O4/c18-15-14(8-10-4-2-1-3-5-10)21-13-7-6-11(17(19)20)9-12(13)16-15/h1-7,9,14H,8H2,(H,16,18). The first-order chi connectivity index (χ1) is 10.1. The first-order valence-corrected chi connectivity index (χ1v) is 6.43. The van der Waals surface area contributed by atoms with Crippen LogP contribution >= 0.6 is 0 Å². The molecule has 2 aromatic rings. The summed E-state index contributed by atoms with van der Waals surface area (Å²) in [7, 11) is 0. The Morgan fingerprint density at radius 2 is 1.95 bits per heavy atom. The van der Waals surface area contributed by atoms with Crippen molar-refractivity contribution in [1.82, 2.24) is 0 Å². The highest BCUT2D eigenvalue weighted by Crippen LogP contribution is 2.33. The minimum absolute atomic E-state index is 0.0841. The van der Waals surface area contributed by atoms with E-state index in [9.17, 15) is 14.9 Å². The summed E-state index contributed by atoms with van der Waals surface area (Å²) in [5.74, 6) is 0.146. The van der Waals surface area contributed by atoms with Gasteiger partial charge in [-0.3, -0.25) is 14.9 Å². The topological polar surface area (TPSA) is 81.5 Å². The molecular formula is C15H12N2O4. The van der Waals surface area contributed by atoms with E-state index in [-0.39, 0.29) is 11.6 Å². The lowest BCUT2D eigenvalue weighted by Gasteiger charge is -2.25. The second-order valence-corrected chi connectivity index (χ2v) is 4.72. The summed E-state index contributed by atoms with van der Waals surface area (Å²) in [6, 6.07) is 13.7. The summed E-state index contributed by atoms with van der Waals surface area (Å²) in [5, 5.41) is 13.4. The number of anilines is 1. The van der Waals surface area contributed by atoms with Crippen LogP contribution < -0.4 is 10.1 Å². The number of nitro benzene ring substituents is 1. The monoisotopic (exact) mass is 284 g/mol. The molecule has 0 saturated heterocycles. The molecule has 1 aliphatic heterocycles. The van der Waals surface area contributed by atoms with Gasteiger partial charge in [0.05, 0.1) is 10.6 Å². The summed E-state index contributed by atoms with van der Waals surface area (Å²) < 4.78 is 5.65. The number of nitrogens with zero attached hydrogens (tertiary/aromatic N) is 1. The zero-order chi connectivity index (χ0) is 14.8. The van der Waals surface area contributed by atoms with Gasteiger partial charge < -0.3 is 10.1 Å². The van der Waals surface area contributed by atoms with Crippen molar-refractivity contribution >= 4 is 17.3 Å². The second-order valence-electron chi connectivity index (χ2n) is 4.72. The molecule has 6 heteroatoms. The Hall–Kier alpha value is -2.89. The molecule has 1 atom stereocenters. The minimum atomic E-state index is -0.638. The molecule has 106 valence electrons. The fourth-order valence-electron chi connectivity index (χ4n) is 2.21. The van der Waals surface area contributed by atoms with E-state index in [0.29, 0.717) is 17.9 Å². The predicted molar refractivity (Wildman–Crippen MR) is 76.3 cm³/mol. The Labute approximate surface area is 120 Å². The molecule has 0 aromatic heterocycles. The summed E-state index contributed by atoms with van der Waals surface area (Å²) in [6.07, 6.45) is -0.190. The molecule has 0 bridgehead atoms. The first kappa shape index (κ1) is 13.1. The van der Waals surface area contributed by atoms with Crippen LogP contribution in [0.15, 0.2) is 48.5 Å². The van der Waals surface area contributed by atoms with Gasteiger partial charge in [0.1, 0.15) is 5.75 Å². The van der Waals surface area contributed by atoms with Crippen LogP contribution in [0.5, 0.6) is 5.75 Å². The number of carbonyl (C=O) groups excluding carboxylic acids is 1. The Balaban J connectivity index is 1.82. The van der Waals surface area contributed by atoms with Crippen LogP contribution in [0.1, 0.15) is 5.56 Å². The number of ether oxygens (including phenoxy) is 1. The number of nitrogens with one attached hydrogen (secondary N) is 1. The summed E-state index contributed by atoms with van der Waals surface area (Å²) in [4.78, 5) is 22.3. The van der Waals surface area contributed by atoms with E-state index in [0.717, 1.165) is 5.56 Å².